The zero-order valence-electron chi connectivity index (χ0n) is 14.2. The number of hydrogen-bond acceptors (Lipinski definition) is 3. The van der Waals surface area contributed by atoms with Crippen LogP contribution in [0.4, 0.5) is 0 Å². The van der Waals surface area contributed by atoms with Gasteiger partial charge in [0.25, 0.3) is 0 Å². The summed E-state index contributed by atoms with van der Waals surface area (Å²) in [7, 11) is -1.57. The molecule has 0 spiro atoms. The van der Waals surface area contributed by atoms with Crippen molar-refractivity contribution in [3.8, 4) is 0 Å². The van der Waals surface area contributed by atoms with Crippen molar-refractivity contribution in [2.75, 3.05) is 13.2 Å². The highest BCUT2D eigenvalue weighted by Crippen LogP contribution is 2.36. The lowest BCUT2D eigenvalue weighted by atomic mass is 10.1. The average Bonchev–Trinajstić information content (AvgIpc) is 2.33. The van der Waals surface area contributed by atoms with Crippen molar-refractivity contribution in [2.24, 2.45) is 0 Å². The first-order valence-electron chi connectivity index (χ1n) is 8.13. The molecule has 0 aromatic rings. The zero-order valence-corrected chi connectivity index (χ0v) is 15.2. The molecule has 0 unspecified atom stereocenters. The topological polar surface area (TPSA) is 49.7 Å². The predicted octanol–water partition coefficient (Wildman–Crippen LogP) is 4.09. The van der Waals surface area contributed by atoms with Crippen LogP contribution in [-0.4, -0.2) is 37.8 Å². The van der Waals surface area contributed by atoms with Gasteiger partial charge in [0, 0.05) is 13.2 Å². The summed E-state index contributed by atoms with van der Waals surface area (Å²) < 4.78 is 6.14. The van der Waals surface area contributed by atoms with E-state index >= 15 is 0 Å². The minimum Gasteiger partial charge on any atom is -0.417 e. The van der Waals surface area contributed by atoms with Crippen LogP contribution in [0.25, 0.3) is 0 Å². The molecule has 0 heterocycles. The van der Waals surface area contributed by atoms with Crippen LogP contribution in [0, 0.1) is 0 Å². The van der Waals surface area contributed by atoms with E-state index in [1.807, 2.05) is 0 Å². The van der Waals surface area contributed by atoms with E-state index in [-0.39, 0.29) is 12.7 Å². The van der Waals surface area contributed by atoms with E-state index in [1.165, 1.54) is 6.42 Å². The van der Waals surface area contributed by atoms with Gasteiger partial charge in [-0.25, -0.2) is 0 Å². The smallest absolute Gasteiger partial charge is 0.191 e. The molecule has 0 aromatic carbocycles. The van der Waals surface area contributed by atoms with Crippen LogP contribution < -0.4 is 0 Å². The third-order valence-corrected chi connectivity index (χ3v) is 8.93. The van der Waals surface area contributed by atoms with E-state index < -0.39 is 8.32 Å². The van der Waals surface area contributed by atoms with Crippen LogP contribution in [-0.2, 0) is 4.43 Å². The van der Waals surface area contributed by atoms with Gasteiger partial charge in [-0.2, -0.15) is 0 Å². The Labute approximate surface area is 126 Å². The van der Waals surface area contributed by atoms with Gasteiger partial charge in [0.1, 0.15) is 0 Å². The van der Waals surface area contributed by atoms with Gasteiger partial charge in [-0.05, 0) is 43.8 Å². The Morgan fingerprint density at radius 2 is 1.50 bits per heavy atom. The molecule has 20 heavy (non-hydrogen) atoms. The zero-order chi connectivity index (χ0) is 15.6. The van der Waals surface area contributed by atoms with Gasteiger partial charge >= 0.3 is 0 Å². The fraction of sp³-hybridized carbons (Fsp3) is 1.00. The van der Waals surface area contributed by atoms with E-state index in [0.717, 1.165) is 38.7 Å². The molecule has 3 nitrogen and oxygen atoms in total. The molecule has 0 aromatic heterocycles. The molecule has 0 radical (unpaired) electrons. The molecule has 2 N–H and O–H groups in total. The van der Waals surface area contributed by atoms with Crippen LogP contribution >= 0.6 is 0 Å². The predicted molar refractivity (Wildman–Crippen MR) is 88.6 cm³/mol. The van der Waals surface area contributed by atoms with Crippen molar-refractivity contribution in [3.05, 3.63) is 0 Å². The van der Waals surface area contributed by atoms with Crippen LogP contribution in [0.1, 0.15) is 65.7 Å². The molecule has 122 valence electrons. The number of unbranched alkanes of at least 4 members (excludes halogenated alkanes) is 3. The fourth-order valence-corrected chi connectivity index (χ4v) is 2.94. The van der Waals surface area contributed by atoms with Gasteiger partial charge in [0.05, 0.1) is 6.10 Å². The fourth-order valence-electron chi connectivity index (χ4n) is 1.85. The summed E-state index contributed by atoms with van der Waals surface area (Å²) >= 11 is 0. The maximum absolute atomic E-state index is 9.65. The van der Waals surface area contributed by atoms with Crippen molar-refractivity contribution in [1.82, 2.24) is 0 Å². The maximum Gasteiger partial charge on any atom is 0.191 e. The standard InChI is InChI=1S/C16H36O3Si/c1-16(2,3)20(4,5)19-14-9-7-6-8-11-15(18)12-10-13-17/h15,17-18H,6-14H2,1-5H3/t15-/m0/s1. The highest BCUT2D eigenvalue weighted by molar-refractivity contribution is 6.74. The highest BCUT2D eigenvalue weighted by Gasteiger charge is 2.36. The molecule has 1 atom stereocenters. The summed E-state index contributed by atoms with van der Waals surface area (Å²) in [5.41, 5.74) is 0. The SMILES string of the molecule is CC(C)(C)[Si](C)(C)OCCCCCC[C@H](O)CCCO. The van der Waals surface area contributed by atoms with Gasteiger partial charge in [-0.15, -0.1) is 0 Å². The molecule has 0 aliphatic rings. The summed E-state index contributed by atoms with van der Waals surface area (Å²) in [6.45, 7) is 12.5. The van der Waals surface area contributed by atoms with E-state index in [9.17, 15) is 5.11 Å². The molecule has 4 heteroatoms. The van der Waals surface area contributed by atoms with Crippen molar-refractivity contribution in [2.45, 2.75) is 90.0 Å². The van der Waals surface area contributed by atoms with Crippen molar-refractivity contribution >= 4 is 8.32 Å². The quantitative estimate of drug-likeness (QED) is 0.446. The van der Waals surface area contributed by atoms with Crippen molar-refractivity contribution in [3.63, 3.8) is 0 Å². The summed E-state index contributed by atoms with van der Waals surface area (Å²) in [5, 5.41) is 18.6. The van der Waals surface area contributed by atoms with Gasteiger partial charge in [0.2, 0.25) is 0 Å². The van der Waals surface area contributed by atoms with E-state index in [1.54, 1.807) is 0 Å². The molecule has 0 rings (SSSR count). The Kier molecular flexibility index (Phi) is 9.98. The lowest BCUT2D eigenvalue weighted by molar-refractivity contribution is 0.137. The van der Waals surface area contributed by atoms with Crippen LogP contribution in [0.15, 0.2) is 0 Å². The second-order valence-corrected chi connectivity index (χ2v) is 12.1. The number of aliphatic hydroxyl groups is 2. The third kappa shape index (κ3) is 9.11. The second-order valence-electron chi connectivity index (χ2n) is 7.33. The summed E-state index contributed by atoms with van der Waals surface area (Å²) in [4.78, 5) is 0. The van der Waals surface area contributed by atoms with Crippen molar-refractivity contribution in [1.29, 1.82) is 0 Å². The van der Waals surface area contributed by atoms with Crippen molar-refractivity contribution < 1.29 is 14.6 Å². The molecular formula is C16H36O3Si. The third-order valence-electron chi connectivity index (χ3n) is 4.40. The Morgan fingerprint density at radius 3 is 2.05 bits per heavy atom. The Hall–Kier alpha value is 0.0969. The molecule has 0 aliphatic heterocycles. The largest absolute Gasteiger partial charge is 0.417 e. The molecule has 0 saturated heterocycles. The molecule has 0 saturated carbocycles. The van der Waals surface area contributed by atoms with Gasteiger partial charge in [0.15, 0.2) is 8.32 Å². The second kappa shape index (κ2) is 9.93. The first-order chi connectivity index (χ1) is 9.20. The van der Waals surface area contributed by atoms with Gasteiger partial charge in [-0.3, -0.25) is 0 Å². The minimum absolute atomic E-state index is 0.182. The summed E-state index contributed by atoms with van der Waals surface area (Å²) in [6.07, 6.45) is 6.62. The molecule has 0 amide bonds. The van der Waals surface area contributed by atoms with Crippen LogP contribution in [0.2, 0.25) is 18.1 Å². The lowest BCUT2D eigenvalue weighted by Crippen LogP contribution is -2.40. The molecule has 0 fully saturated rings. The van der Waals surface area contributed by atoms with E-state index in [0.29, 0.717) is 11.5 Å². The minimum atomic E-state index is -1.57. The highest BCUT2D eigenvalue weighted by atomic mass is 28.4. The molecule has 0 aliphatic carbocycles. The Balaban J connectivity index is 3.50. The van der Waals surface area contributed by atoms with E-state index in [2.05, 4.69) is 33.9 Å². The first kappa shape index (κ1) is 20.1. The van der Waals surface area contributed by atoms with Gasteiger partial charge in [-0.1, -0.05) is 40.0 Å². The van der Waals surface area contributed by atoms with E-state index in [4.69, 9.17) is 9.53 Å². The summed E-state index contributed by atoms with van der Waals surface area (Å²) in [6, 6.07) is 0. The molecular weight excluding hydrogens is 268 g/mol. The maximum atomic E-state index is 9.65. The molecule has 0 bridgehead atoms. The Bertz CT molecular complexity index is 236. The number of rotatable bonds is 11. The summed E-state index contributed by atoms with van der Waals surface area (Å²) in [5.74, 6) is 0. The monoisotopic (exact) mass is 304 g/mol. The normalized spacial score (nSPS) is 14.6. The lowest BCUT2D eigenvalue weighted by Gasteiger charge is -2.36. The Morgan fingerprint density at radius 1 is 0.950 bits per heavy atom. The van der Waals surface area contributed by atoms with Gasteiger partial charge < -0.3 is 14.6 Å². The van der Waals surface area contributed by atoms with Crippen LogP contribution in [0.3, 0.4) is 0 Å². The first-order valence-corrected chi connectivity index (χ1v) is 11.0. The van der Waals surface area contributed by atoms with Crippen LogP contribution in [0.5, 0.6) is 0 Å². The number of hydrogen-bond donors (Lipinski definition) is 2. The average molecular weight is 305 g/mol. The number of aliphatic hydroxyl groups excluding tert-OH is 2.